The van der Waals surface area contributed by atoms with Gasteiger partial charge in [-0.2, -0.15) is 0 Å². The Labute approximate surface area is 118 Å². The summed E-state index contributed by atoms with van der Waals surface area (Å²) in [6.07, 6.45) is -0.149. The second-order valence-electron chi connectivity index (χ2n) is 4.99. The van der Waals surface area contributed by atoms with Gasteiger partial charge in [0.05, 0.1) is 13.0 Å². The maximum absolute atomic E-state index is 11.8. The highest BCUT2D eigenvalue weighted by atomic mass is 16.5. The Kier molecular flexibility index (Phi) is 5.37. The average Bonchev–Trinajstić information content (AvgIpc) is 2.29. The van der Waals surface area contributed by atoms with Gasteiger partial charge < -0.3 is 20.5 Å². The summed E-state index contributed by atoms with van der Waals surface area (Å²) in [5, 5.41) is 14.0. The lowest BCUT2D eigenvalue weighted by Gasteiger charge is -2.24. The van der Waals surface area contributed by atoms with Crippen molar-refractivity contribution in [2.45, 2.75) is 32.7 Å². The number of ether oxygens (including phenoxy) is 1. The minimum atomic E-state index is -0.962. The normalized spacial score (nSPS) is 10.8. The minimum Gasteiger partial charge on any atom is -0.494 e. The van der Waals surface area contributed by atoms with Crippen LogP contribution >= 0.6 is 0 Å². The summed E-state index contributed by atoms with van der Waals surface area (Å²) in [4.78, 5) is 22.4. The van der Waals surface area contributed by atoms with Crippen molar-refractivity contribution >= 4 is 17.7 Å². The Balaban J connectivity index is 2.55. The highest BCUT2D eigenvalue weighted by Gasteiger charge is 2.23. The van der Waals surface area contributed by atoms with E-state index >= 15 is 0 Å². The number of benzene rings is 1. The van der Waals surface area contributed by atoms with Gasteiger partial charge in [0.2, 0.25) is 0 Å². The fraction of sp³-hybridized carbons (Fsp3) is 0.429. The van der Waals surface area contributed by atoms with Gasteiger partial charge >= 0.3 is 12.0 Å². The molecule has 0 aliphatic carbocycles. The third-order valence-electron chi connectivity index (χ3n) is 2.47. The van der Waals surface area contributed by atoms with Crippen LogP contribution in [0.25, 0.3) is 0 Å². The van der Waals surface area contributed by atoms with E-state index in [0.29, 0.717) is 12.3 Å². The molecule has 3 N–H and O–H groups in total. The fourth-order valence-corrected chi connectivity index (χ4v) is 1.69. The van der Waals surface area contributed by atoms with Gasteiger partial charge in [0, 0.05) is 11.2 Å². The number of carboxylic acid groups (broad SMARTS) is 1. The van der Waals surface area contributed by atoms with Crippen molar-refractivity contribution in [2.24, 2.45) is 0 Å². The van der Waals surface area contributed by atoms with E-state index < -0.39 is 17.5 Å². The van der Waals surface area contributed by atoms with Crippen molar-refractivity contribution in [3.63, 3.8) is 0 Å². The average molecular weight is 280 g/mol. The summed E-state index contributed by atoms with van der Waals surface area (Å²) in [5.74, 6) is -0.235. The summed E-state index contributed by atoms with van der Waals surface area (Å²) in [5.41, 5.74) is -0.210. The van der Waals surface area contributed by atoms with Crippen molar-refractivity contribution in [1.82, 2.24) is 5.32 Å². The summed E-state index contributed by atoms with van der Waals surface area (Å²) < 4.78 is 5.30. The van der Waals surface area contributed by atoms with Gasteiger partial charge in [-0.15, -0.1) is 0 Å². The maximum Gasteiger partial charge on any atom is 0.319 e. The number of carbonyl (C=O) groups excluding carboxylic acids is 1. The molecule has 0 aromatic heterocycles. The molecular weight excluding hydrogens is 260 g/mol. The molecule has 0 saturated heterocycles. The Morgan fingerprint density at radius 3 is 2.35 bits per heavy atom. The van der Waals surface area contributed by atoms with Crippen molar-refractivity contribution in [3.8, 4) is 5.75 Å². The van der Waals surface area contributed by atoms with E-state index in [-0.39, 0.29) is 6.42 Å². The highest BCUT2D eigenvalue weighted by Crippen LogP contribution is 2.16. The molecule has 0 aliphatic heterocycles. The molecule has 0 radical (unpaired) electrons. The third kappa shape index (κ3) is 5.60. The standard InChI is InChI=1S/C14H20N2O4/c1-4-20-11-7-5-10(6-8-11)15-13(19)16-14(2,3)9-12(17)18/h5-8H,4,9H2,1-3H3,(H,17,18)(H2,15,16,19). The van der Waals surface area contributed by atoms with E-state index in [0.717, 1.165) is 5.75 Å². The number of carbonyl (C=O) groups is 2. The lowest BCUT2D eigenvalue weighted by atomic mass is 10.0. The van der Waals surface area contributed by atoms with E-state index in [4.69, 9.17) is 9.84 Å². The number of rotatable bonds is 6. The molecular formula is C14H20N2O4. The molecule has 0 fully saturated rings. The number of carboxylic acids is 1. The smallest absolute Gasteiger partial charge is 0.319 e. The number of amides is 2. The third-order valence-corrected chi connectivity index (χ3v) is 2.47. The molecule has 0 spiro atoms. The first-order valence-electron chi connectivity index (χ1n) is 6.36. The van der Waals surface area contributed by atoms with Crippen molar-refractivity contribution < 1.29 is 19.4 Å². The summed E-state index contributed by atoms with van der Waals surface area (Å²) in [6, 6.07) is 6.49. The lowest BCUT2D eigenvalue weighted by molar-refractivity contribution is -0.138. The molecule has 20 heavy (non-hydrogen) atoms. The first kappa shape index (κ1) is 15.8. The molecule has 0 saturated carbocycles. The second-order valence-corrected chi connectivity index (χ2v) is 4.99. The Morgan fingerprint density at radius 2 is 1.85 bits per heavy atom. The zero-order chi connectivity index (χ0) is 15.2. The largest absolute Gasteiger partial charge is 0.494 e. The molecule has 1 aromatic rings. The predicted octanol–water partition coefficient (Wildman–Crippen LogP) is 2.46. The topological polar surface area (TPSA) is 87.7 Å². The number of urea groups is 1. The Morgan fingerprint density at radius 1 is 1.25 bits per heavy atom. The Bertz CT molecular complexity index is 469. The fourth-order valence-electron chi connectivity index (χ4n) is 1.69. The van der Waals surface area contributed by atoms with Crippen LogP contribution in [0.1, 0.15) is 27.2 Å². The van der Waals surface area contributed by atoms with Crippen LogP contribution in [0, 0.1) is 0 Å². The molecule has 0 unspecified atom stereocenters. The lowest BCUT2D eigenvalue weighted by Crippen LogP contribution is -2.46. The van der Waals surface area contributed by atoms with Crippen LogP contribution in [0.5, 0.6) is 5.75 Å². The van der Waals surface area contributed by atoms with E-state index in [1.54, 1.807) is 38.1 Å². The van der Waals surface area contributed by atoms with Gasteiger partial charge in [0.15, 0.2) is 0 Å². The molecule has 0 atom stereocenters. The van der Waals surface area contributed by atoms with Crippen molar-refractivity contribution in [2.75, 3.05) is 11.9 Å². The summed E-state index contributed by atoms with van der Waals surface area (Å²) >= 11 is 0. The second kappa shape index (κ2) is 6.79. The minimum absolute atomic E-state index is 0.149. The van der Waals surface area contributed by atoms with Crippen LogP contribution in [0.2, 0.25) is 0 Å². The van der Waals surface area contributed by atoms with E-state index in [9.17, 15) is 9.59 Å². The van der Waals surface area contributed by atoms with Crippen molar-refractivity contribution in [3.05, 3.63) is 24.3 Å². The van der Waals surface area contributed by atoms with Crippen LogP contribution in [0.15, 0.2) is 24.3 Å². The van der Waals surface area contributed by atoms with Gasteiger partial charge in [-0.3, -0.25) is 4.79 Å². The van der Waals surface area contributed by atoms with E-state index in [1.165, 1.54) is 0 Å². The molecule has 0 heterocycles. The quantitative estimate of drug-likeness (QED) is 0.747. The number of hydrogen-bond acceptors (Lipinski definition) is 3. The van der Waals surface area contributed by atoms with Gasteiger partial charge in [0.25, 0.3) is 0 Å². The monoisotopic (exact) mass is 280 g/mol. The molecule has 1 rings (SSSR count). The van der Waals surface area contributed by atoms with E-state index in [1.807, 2.05) is 6.92 Å². The highest BCUT2D eigenvalue weighted by molar-refractivity contribution is 5.90. The number of aliphatic carboxylic acids is 1. The van der Waals surface area contributed by atoms with Crippen LogP contribution in [-0.4, -0.2) is 29.3 Å². The molecule has 2 amide bonds. The van der Waals surface area contributed by atoms with Crippen molar-refractivity contribution in [1.29, 1.82) is 0 Å². The maximum atomic E-state index is 11.8. The van der Waals surface area contributed by atoms with Gasteiger partial charge in [0.1, 0.15) is 5.75 Å². The van der Waals surface area contributed by atoms with Gasteiger partial charge in [-0.25, -0.2) is 4.79 Å². The Hall–Kier alpha value is -2.24. The number of anilines is 1. The van der Waals surface area contributed by atoms with Gasteiger partial charge in [-0.1, -0.05) is 0 Å². The molecule has 110 valence electrons. The zero-order valence-corrected chi connectivity index (χ0v) is 11.9. The molecule has 0 bridgehead atoms. The van der Waals surface area contributed by atoms with Gasteiger partial charge in [-0.05, 0) is 45.0 Å². The first-order valence-corrected chi connectivity index (χ1v) is 6.36. The van der Waals surface area contributed by atoms with Crippen LogP contribution < -0.4 is 15.4 Å². The SMILES string of the molecule is CCOc1ccc(NC(=O)NC(C)(C)CC(=O)O)cc1. The zero-order valence-electron chi connectivity index (χ0n) is 11.9. The van der Waals surface area contributed by atoms with Crippen LogP contribution in [-0.2, 0) is 4.79 Å². The van der Waals surface area contributed by atoms with Crippen LogP contribution in [0.4, 0.5) is 10.5 Å². The number of nitrogens with one attached hydrogen (secondary N) is 2. The summed E-state index contributed by atoms with van der Waals surface area (Å²) in [7, 11) is 0. The molecule has 1 aromatic carbocycles. The molecule has 6 heteroatoms. The van der Waals surface area contributed by atoms with Crippen LogP contribution in [0.3, 0.4) is 0 Å². The number of hydrogen-bond donors (Lipinski definition) is 3. The summed E-state index contributed by atoms with van der Waals surface area (Å²) in [6.45, 7) is 5.78. The predicted molar refractivity (Wildman–Crippen MR) is 76.1 cm³/mol. The van der Waals surface area contributed by atoms with E-state index in [2.05, 4.69) is 10.6 Å². The first-order chi connectivity index (χ1) is 9.32. The molecule has 0 aliphatic rings. The molecule has 6 nitrogen and oxygen atoms in total.